The van der Waals surface area contributed by atoms with Crippen LogP contribution in [0.25, 0.3) is 0 Å². The van der Waals surface area contributed by atoms with Crippen molar-refractivity contribution in [3.05, 3.63) is 69.5 Å². The first-order valence-corrected chi connectivity index (χ1v) is 11.3. The van der Waals surface area contributed by atoms with E-state index in [0.29, 0.717) is 13.0 Å². The summed E-state index contributed by atoms with van der Waals surface area (Å²) in [6.45, 7) is 4.60. The first-order chi connectivity index (χ1) is 15.5. The number of anilines is 1. The van der Waals surface area contributed by atoms with E-state index in [4.69, 9.17) is 0 Å². The summed E-state index contributed by atoms with van der Waals surface area (Å²) in [5, 5.41) is 11.3. The Kier molecular flexibility index (Phi) is 5.55. The number of carbonyl (C=O) groups is 1. The molecule has 7 nitrogen and oxygen atoms in total. The van der Waals surface area contributed by atoms with Crippen LogP contribution in [-0.4, -0.2) is 59.4 Å². The van der Waals surface area contributed by atoms with E-state index in [1.165, 1.54) is 12.1 Å². The average Bonchev–Trinajstić information content (AvgIpc) is 3.34. The zero-order valence-electron chi connectivity index (χ0n) is 18.0. The van der Waals surface area contributed by atoms with E-state index >= 15 is 0 Å². The lowest BCUT2D eigenvalue weighted by molar-refractivity contribution is -0.384. The lowest BCUT2D eigenvalue weighted by Gasteiger charge is -2.49. The number of hydrogen-bond donors (Lipinski definition) is 0. The fraction of sp³-hybridized carbons (Fsp3) is 0.458. The molecule has 0 radical (unpaired) electrons. The van der Waals surface area contributed by atoms with Gasteiger partial charge in [-0.15, -0.1) is 0 Å². The number of nitrogens with zero attached hydrogens (tertiary/aromatic N) is 4. The first kappa shape index (κ1) is 20.9. The van der Waals surface area contributed by atoms with E-state index in [2.05, 4.69) is 9.80 Å². The van der Waals surface area contributed by atoms with Gasteiger partial charge in [0, 0.05) is 57.1 Å². The third kappa shape index (κ3) is 3.95. The second-order valence-electron chi connectivity index (χ2n) is 9.04. The Bertz CT molecular complexity index is 1020. The highest BCUT2D eigenvalue weighted by Crippen LogP contribution is 2.39. The van der Waals surface area contributed by atoms with Gasteiger partial charge in [-0.25, -0.2) is 4.39 Å². The highest BCUT2D eigenvalue weighted by molar-refractivity contribution is 5.82. The van der Waals surface area contributed by atoms with Crippen LogP contribution in [0.3, 0.4) is 0 Å². The predicted octanol–water partition coefficient (Wildman–Crippen LogP) is 3.22. The van der Waals surface area contributed by atoms with Crippen LogP contribution in [0.1, 0.15) is 24.0 Å². The van der Waals surface area contributed by atoms with Crippen LogP contribution in [0, 0.1) is 21.8 Å². The van der Waals surface area contributed by atoms with Crippen molar-refractivity contribution in [3.8, 4) is 0 Å². The summed E-state index contributed by atoms with van der Waals surface area (Å²) in [7, 11) is 0. The number of non-ortho nitro benzene ring substituents is 1. The van der Waals surface area contributed by atoms with Gasteiger partial charge in [0.25, 0.3) is 5.69 Å². The maximum atomic E-state index is 13.5. The molecule has 2 atom stereocenters. The monoisotopic (exact) mass is 438 g/mol. The Morgan fingerprint density at radius 3 is 2.53 bits per heavy atom. The molecule has 5 rings (SSSR count). The number of carbonyl (C=O) groups excluding carboxylic acids is 1. The molecule has 32 heavy (non-hydrogen) atoms. The van der Waals surface area contributed by atoms with Gasteiger partial charge in [-0.1, -0.05) is 12.1 Å². The molecular weight excluding hydrogens is 411 g/mol. The van der Waals surface area contributed by atoms with Crippen molar-refractivity contribution in [2.45, 2.75) is 31.8 Å². The number of amides is 1. The van der Waals surface area contributed by atoms with Crippen LogP contribution in [-0.2, 0) is 17.8 Å². The maximum absolute atomic E-state index is 13.5. The van der Waals surface area contributed by atoms with Gasteiger partial charge in [0.2, 0.25) is 5.91 Å². The lowest BCUT2D eigenvalue weighted by atomic mass is 9.82. The SMILES string of the molecule is O=C([C@@H]1Cc2cc([N+](=O)[O-])ccc2N2CCN(Cc3ccc(F)cc3)C[C@@H]12)N1CCCC1. The molecule has 1 amide bonds. The summed E-state index contributed by atoms with van der Waals surface area (Å²) in [6, 6.07) is 11.6. The predicted molar refractivity (Wildman–Crippen MR) is 119 cm³/mol. The zero-order chi connectivity index (χ0) is 22.2. The number of nitro benzene ring substituents is 1. The summed E-state index contributed by atoms with van der Waals surface area (Å²) in [4.78, 5) is 31.0. The largest absolute Gasteiger partial charge is 0.365 e. The van der Waals surface area contributed by atoms with E-state index in [-0.39, 0.29) is 34.3 Å². The standard InChI is InChI=1S/C24H27FN4O3/c25-19-5-3-17(4-6-19)15-26-11-12-28-22-8-7-20(29(31)32)13-18(22)14-21(23(28)16-26)24(30)27-9-1-2-10-27/h3-8,13,21,23H,1-2,9-12,14-16H2/t21-,23+/m1/s1. The van der Waals surface area contributed by atoms with Crippen molar-refractivity contribution < 1.29 is 14.1 Å². The summed E-state index contributed by atoms with van der Waals surface area (Å²) in [6.07, 6.45) is 2.59. The summed E-state index contributed by atoms with van der Waals surface area (Å²) >= 11 is 0. The molecular formula is C24H27FN4O3. The van der Waals surface area contributed by atoms with Crippen LogP contribution in [0.15, 0.2) is 42.5 Å². The molecule has 0 aromatic heterocycles. The molecule has 2 fully saturated rings. The fourth-order valence-electron chi connectivity index (χ4n) is 5.43. The molecule has 0 aliphatic carbocycles. The number of rotatable bonds is 4. The molecule has 0 N–H and O–H groups in total. The van der Waals surface area contributed by atoms with Crippen LogP contribution in [0.5, 0.6) is 0 Å². The number of halogens is 1. The van der Waals surface area contributed by atoms with Gasteiger partial charge < -0.3 is 9.80 Å². The Labute approximate surface area is 186 Å². The molecule has 0 saturated carbocycles. The Balaban J connectivity index is 1.43. The summed E-state index contributed by atoms with van der Waals surface area (Å²) in [5.41, 5.74) is 3.02. The van der Waals surface area contributed by atoms with E-state index in [0.717, 1.165) is 62.4 Å². The van der Waals surface area contributed by atoms with Crippen molar-refractivity contribution in [3.63, 3.8) is 0 Å². The smallest absolute Gasteiger partial charge is 0.269 e. The number of fused-ring (bicyclic) bond motifs is 3. The topological polar surface area (TPSA) is 69.9 Å². The first-order valence-electron chi connectivity index (χ1n) is 11.3. The van der Waals surface area contributed by atoms with Crippen molar-refractivity contribution in [2.24, 2.45) is 5.92 Å². The van der Waals surface area contributed by atoms with Crippen molar-refractivity contribution in [1.82, 2.24) is 9.80 Å². The van der Waals surface area contributed by atoms with E-state index in [1.807, 2.05) is 23.1 Å². The molecule has 2 saturated heterocycles. The minimum Gasteiger partial charge on any atom is -0.365 e. The van der Waals surface area contributed by atoms with Crippen molar-refractivity contribution in [1.29, 1.82) is 0 Å². The fourth-order valence-corrected chi connectivity index (χ4v) is 5.43. The summed E-state index contributed by atoms with van der Waals surface area (Å²) in [5.74, 6) is -0.301. The van der Waals surface area contributed by atoms with Crippen LogP contribution >= 0.6 is 0 Å². The Hall–Kier alpha value is -3.00. The van der Waals surface area contributed by atoms with E-state index in [9.17, 15) is 19.3 Å². The molecule has 2 aromatic carbocycles. The van der Waals surface area contributed by atoms with Crippen LogP contribution < -0.4 is 4.90 Å². The molecule has 3 heterocycles. The highest BCUT2D eigenvalue weighted by Gasteiger charge is 2.43. The van der Waals surface area contributed by atoms with E-state index in [1.54, 1.807) is 12.1 Å². The number of likely N-dealkylation sites (tertiary alicyclic amines) is 1. The molecule has 2 aromatic rings. The maximum Gasteiger partial charge on any atom is 0.269 e. The number of hydrogen-bond acceptors (Lipinski definition) is 5. The second-order valence-corrected chi connectivity index (χ2v) is 9.04. The van der Waals surface area contributed by atoms with Gasteiger partial charge in [0.05, 0.1) is 16.9 Å². The normalized spacial score (nSPS) is 23.0. The molecule has 0 bridgehead atoms. The van der Waals surface area contributed by atoms with Gasteiger partial charge in [0.15, 0.2) is 0 Å². The minimum absolute atomic E-state index is 0.0197. The summed E-state index contributed by atoms with van der Waals surface area (Å²) < 4.78 is 13.3. The minimum atomic E-state index is -0.371. The van der Waals surface area contributed by atoms with E-state index < -0.39 is 0 Å². The highest BCUT2D eigenvalue weighted by atomic mass is 19.1. The molecule has 8 heteroatoms. The van der Waals surface area contributed by atoms with Gasteiger partial charge in [-0.3, -0.25) is 19.8 Å². The number of nitro groups is 1. The average molecular weight is 439 g/mol. The third-order valence-electron chi connectivity index (χ3n) is 7.04. The van der Waals surface area contributed by atoms with Crippen LogP contribution in [0.4, 0.5) is 15.8 Å². The van der Waals surface area contributed by atoms with Crippen molar-refractivity contribution >= 4 is 17.3 Å². The number of piperazine rings is 1. The number of benzene rings is 2. The third-order valence-corrected chi connectivity index (χ3v) is 7.04. The lowest BCUT2D eigenvalue weighted by Crippen LogP contribution is -2.61. The molecule has 3 aliphatic rings. The Morgan fingerprint density at radius 1 is 1.06 bits per heavy atom. The van der Waals surface area contributed by atoms with Gasteiger partial charge >= 0.3 is 0 Å². The molecule has 0 unspecified atom stereocenters. The Morgan fingerprint density at radius 2 is 1.81 bits per heavy atom. The zero-order valence-corrected chi connectivity index (χ0v) is 18.0. The second kappa shape index (κ2) is 8.50. The molecule has 3 aliphatic heterocycles. The van der Waals surface area contributed by atoms with Crippen molar-refractivity contribution in [2.75, 3.05) is 37.6 Å². The van der Waals surface area contributed by atoms with Crippen LogP contribution in [0.2, 0.25) is 0 Å². The molecule has 168 valence electrons. The van der Waals surface area contributed by atoms with Gasteiger partial charge in [-0.05, 0) is 48.6 Å². The molecule has 0 spiro atoms. The van der Waals surface area contributed by atoms with Gasteiger partial charge in [0.1, 0.15) is 5.82 Å². The van der Waals surface area contributed by atoms with Gasteiger partial charge in [-0.2, -0.15) is 0 Å². The quantitative estimate of drug-likeness (QED) is 0.542.